The van der Waals surface area contributed by atoms with Crippen molar-refractivity contribution in [3.8, 4) is 17.1 Å². The maximum Gasteiger partial charge on any atom is 0.215 e. The van der Waals surface area contributed by atoms with Crippen LogP contribution in [0.1, 0.15) is 0 Å². The highest BCUT2D eigenvalue weighted by molar-refractivity contribution is 6.19. The number of nitrogens with zero attached hydrogens (tertiary/aromatic N) is 3. The zero-order valence-corrected chi connectivity index (χ0v) is 14.9. The second kappa shape index (κ2) is 5.79. The second-order valence-electron chi connectivity index (χ2n) is 6.75. The summed E-state index contributed by atoms with van der Waals surface area (Å²) >= 11 is 0. The number of benzene rings is 2. The number of hydrogen-bond donors (Lipinski definition) is 0. The van der Waals surface area contributed by atoms with Crippen LogP contribution in [0.3, 0.4) is 0 Å². The van der Waals surface area contributed by atoms with Crippen molar-refractivity contribution in [3.05, 3.63) is 91.3 Å². The van der Waals surface area contributed by atoms with Gasteiger partial charge in [0, 0.05) is 28.7 Å². The van der Waals surface area contributed by atoms with Crippen LogP contribution < -0.4 is 0 Å². The summed E-state index contributed by atoms with van der Waals surface area (Å²) in [6.07, 6.45) is 3.71. The predicted octanol–water partition coefficient (Wildman–Crippen LogP) is 5.99. The van der Waals surface area contributed by atoms with Gasteiger partial charge < -0.3 is 4.42 Å². The van der Waals surface area contributed by atoms with Crippen LogP contribution in [0.25, 0.3) is 50.0 Å². The fourth-order valence-electron chi connectivity index (χ4n) is 3.88. The van der Waals surface area contributed by atoms with E-state index in [0.29, 0.717) is 0 Å². The number of para-hydroxylation sites is 1. The van der Waals surface area contributed by atoms with E-state index in [4.69, 9.17) is 9.40 Å². The molecular formula is C24H15N3O. The van der Waals surface area contributed by atoms with E-state index < -0.39 is 0 Å². The summed E-state index contributed by atoms with van der Waals surface area (Å²) in [4.78, 5) is 9.28. The van der Waals surface area contributed by atoms with E-state index in [1.165, 1.54) is 0 Å². The van der Waals surface area contributed by atoms with E-state index >= 15 is 0 Å². The first-order valence-corrected chi connectivity index (χ1v) is 9.19. The molecule has 4 heterocycles. The topological polar surface area (TPSA) is 43.9 Å². The largest absolute Gasteiger partial charge is 0.439 e. The Bertz CT molecular complexity index is 1460. The van der Waals surface area contributed by atoms with Crippen LogP contribution in [0.4, 0.5) is 0 Å². The maximum atomic E-state index is 6.26. The van der Waals surface area contributed by atoms with Crippen LogP contribution in [-0.2, 0) is 0 Å². The van der Waals surface area contributed by atoms with Gasteiger partial charge in [-0.3, -0.25) is 9.55 Å². The summed E-state index contributed by atoms with van der Waals surface area (Å²) in [5.41, 5.74) is 4.71. The van der Waals surface area contributed by atoms with E-state index in [1.54, 1.807) is 6.20 Å². The molecule has 0 fully saturated rings. The summed E-state index contributed by atoms with van der Waals surface area (Å²) < 4.78 is 8.35. The first kappa shape index (κ1) is 15.2. The molecule has 0 spiro atoms. The van der Waals surface area contributed by atoms with E-state index in [-0.39, 0.29) is 0 Å². The lowest BCUT2D eigenvalue weighted by Crippen LogP contribution is -1.98. The van der Waals surface area contributed by atoms with Gasteiger partial charge in [-0.25, -0.2) is 4.98 Å². The lowest BCUT2D eigenvalue weighted by atomic mass is 10.1. The van der Waals surface area contributed by atoms with Gasteiger partial charge in [-0.2, -0.15) is 0 Å². The Labute approximate surface area is 160 Å². The molecule has 28 heavy (non-hydrogen) atoms. The molecule has 2 aromatic carbocycles. The van der Waals surface area contributed by atoms with Gasteiger partial charge in [0.25, 0.3) is 0 Å². The number of rotatable bonds is 2. The third-order valence-electron chi connectivity index (χ3n) is 5.12. The molecule has 0 radical (unpaired) electrons. The number of aromatic nitrogens is 3. The molecule has 0 atom stereocenters. The van der Waals surface area contributed by atoms with Crippen LogP contribution in [0.15, 0.2) is 95.7 Å². The third kappa shape index (κ3) is 2.12. The molecule has 0 aliphatic carbocycles. The van der Waals surface area contributed by atoms with Crippen LogP contribution in [0.2, 0.25) is 0 Å². The van der Waals surface area contributed by atoms with Gasteiger partial charge in [-0.05, 0) is 24.3 Å². The van der Waals surface area contributed by atoms with Crippen LogP contribution in [-0.4, -0.2) is 14.5 Å². The molecule has 6 rings (SSSR count). The number of furan rings is 1. The summed E-state index contributed by atoms with van der Waals surface area (Å²) in [6.45, 7) is 0. The van der Waals surface area contributed by atoms with Crippen LogP contribution in [0, 0.1) is 0 Å². The Balaban J connectivity index is 1.70. The normalized spacial score (nSPS) is 11.6. The molecule has 0 N–H and O–H groups in total. The molecule has 4 heteroatoms. The molecule has 4 aromatic heterocycles. The first-order chi connectivity index (χ1) is 13.9. The lowest BCUT2D eigenvalue weighted by molar-refractivity contribution is 0.644. The Kier molecular flexibility index (Phi) is 3.14. The van der Waals surface area contributed by atoms with Gasteiger partial charge in [0.1, 0.15) is 11.4 Å². The third-order valence-corrected chi connectivity index (χ3v) is 5.12. The van der Waals surface area contributed by atoms with Crippen molar-refractivity contribution in [2.45, 2.75) is 0 Å². The average molecular weight is 361 g/mol. The van der Waals surface area contributed by atoms with E-state index in [9.17, 15) is 0 Å². The molecule has 0 saturated heterocycles. The van der Waals surface area contributed by atoms with Crippen molar-refractivity contribution in [1.29, 1.82) is 0 Å². The minimum atomic E-state index is 0.793. The zero-order chi connectivity index (χ0) is 18.5. The van der Waals surface area contributed by atoms with Gasteiger partial charge in [0.2, 0.25) is 5.71 Å². The smallest absolute Gasteiger partial charge is 0.215 e. The quantitative estimate of drug-likeness (QED) is 0.381. The standard InChI is InChI=1S/C24H15N3O/c1-2-7-16(8-3-1)19-10-6-12-22(26-19)27-20-13-14-25-15-18(20)23-17-9-4-5-11-21(17)28-24(23)27/h1-15H. The molecule has 0 saturated carbocycles. The molecule has 0 bridgehead atoms. The first-order valence-electron chi connectivity index (χ1n) is 9.19. The summed E-state index contributed by atoms with van der Waals surface area (Å²) in [7, 11) is 0. The predicted molar refractivity (Wildman–Crippen MR) is 112 cm³/mol. The van der Waals surface area contributed by atoms with Crippen LogP contribution >= 0.6 is 0 Å². The Morgan fingerprint density at radius 2 is 1.61 bits per heavy atom. The van der Waals surface area contributed by atoms with Crippen LogP contribution in [0.5, 0.6) is 0 Å². The minimum absolute atomic E-state index is 0.793. The Morgan fingerprint density at radius 3 is 2.54 bits per heavy atom. The van der Waals surface area contributed by atoms with Crippen molar-refractivity contribution < 1.29 is 4.42 Å². The van der Waals surface area contributed by atoms with Gasteiger partial charge in [-0.15, -0.1) is 0 Å². The molecule has 0 unspecified atom stereocenters. The monoisotopic (exact) mass is 361 g/mol. The molecule has 6 aromatic rings. The highest BCUT2D eigenvalue weighted by atomic mass is 16.3. The van der Waals surface area contributed by atoms with Gasteiger partial charge in [-0.1, -0.05) is 54.6 Å². The average Bonchev–Trinajstić information content (AvgIpc) is 3.29. The summed E-state index contributed by atoms with van der Waals surface area (Å²) in [5, 5.41) is 3.23. The Morgan fingerprint density at radius 1 is 0.750 bits per heavy atom. The van der Waals surface area contributed by atoms with Crippen molar-refractivity contribution in [3.63, 3.8) is 0 Å². The number of fused-ring (bicyclic) bond motifs is 5. The zero-order valence-electron chi connectivity index (χ0n) is 14.9. The van der Waals surface area contributed by atoms with Crippen molar-refractivity contribution in [2.24, 2.45) is 0 Å². The molecular weight excluding hydrogens is 346 g/mol. The summed E-state index contributed by atoms with van der Waals surface area (Å²) in [5.74, 6) is 0.826. The fourth-order valence-corrected chi connectivity index (χ4v) is 3.88. The van der Waals surface area contributed by atoms with Gasteiger partial charge >= 0.3 is 0 Å². The Hall–Kier alpha value is -3.92. The number of pyridine rings is 2. The molecule has 132 valence electrons. The number of hydrogen-bond acceptors (Lipinski definition) is 3. The van der Waals surface area contributed by atoms with Crippen molar-refractivity contribution in [2.75, 3.05) is 0 Å². The van der Waals surface area contributed by atoms with Crippen molar-refractivity contribution >= 4 is 33.0 Å². The summed E-state index contributed by atoms with van der Waals surface area (Å²) in [6, 6.07) is 26.4. The van der Waals surface area contributed by atoms with Gasteiger partial charge in [0.05, 0.1) is 16.6 Å². The lowest BCUT2D eigenvalue weighted by Gasteiger charge is -2.07. The van der Waals surface area contributed by atoms with Gasteiger partial charge in [0.15, 0.2) is 0 Å². The highest BCUT2D eigenvalue weighted by Gasteiger charge is 2.19. The fraction of sp³-hybridized carbons (Fsp3) is 0. The molecule has 0 amide bonds. The SMILES string of the molecule is c1ccc(-c2cccc(-n3c4ccncc4c4c5ccccc5oc43)n2)cc1. The highest BCUT2D eigenvalue weighted by Crippen LogP contribution is 2.38. The van der Waals surface area contributed by atoms with E-state index in [1.807, 2.05) is 66.9 Å². The maximum absolute atomic E-state index is 6.26. The van der Waals surface area contributed by atoms with E-state index in [0.717, 1.165) is 50.0 Å². The molecule has 0 aliphatic rings. The molecule has 4 nitrogen and oxygen atoms in total. The minimum Gasteiger partial charge on any atom is -0.439 e. The van der Waals surface area contributed by atoms with Crippen molar-refractivity contribution in [1.82, 2.24) is 14.5 Å². The molecule has 0 aliphatic heterocycles. The second-order valence-corrected chi connectivity index (χ2v) is 6.75. The van der Waals surface area contributed by atoms with E-state index in [2.05, 4.69) is 27.8 Å².